The number of halogens is 2. The summed E-state index contributed by atoms with van der Waals surface area (Å²) in [6, 6.07) is 5.68. The van der Waals surface area contributed by atoms with Crippen molar-refractivity contribution >= 4 is 50.1 Å². The predicted molar refractivity (Wildman–Crippen MR) is 66.2 cm³/mol. The van der Waals surface area contributed by atoms with Crippen LogP contribution in [0.2, 0.25) is 5.02 Å². The fraction of sp³-hybridized carbons (Fsp3) is 0.100. The second kappa shape index (κ2) is 5.59. The molecule has 0 aliphatic heterocycles. The number of carbonyl (C=O) groups excluding carboxylic acids is 1. The number of aldehydes is 1. The van der Waals surface area contributed by atoms with Crippen LogP contribution in [0.25, 0.3) is 4.48 Å². The van der Waals surface area contributed by atoms with Crippen molar-refractivity contribution in [1.29, 1.82) is 0 Å². The molecule has 0 atom stereocenters. The first-order chi connectivity index (χ1) is 6.69. The Morgan fingerprint density at radius 2 is 2.29 bits per heavy atom. The molecule has 0 spiro atoms. The second-order valence-corrected chi connectivity index (χ2v) is 4.61. The smallest absolute Gasteiger partial charge is 0.143 e. The van der Waals surface area contributed by atoms with Crippen LogP contribution in [-0.2, 0) is 4.79 Å². The fourth-order valence-corrected chi connectivity index (χ4v) is 2.20. The van der Waals surface area contributed by atoms with Gasteiger partial charge in [0.25, 0.3) is 0 Å². The number of hydrogen-bond acceptors (Lipinski definition) is 2. The molecule has 1 nitrogen and oxygen atoms in total. The van der Waals surface area contributed by atoms with Gasteiger partial charge in [0.2, 0.25) is 0 Å². The molecule has 0 heterocycles. The van der Waals surface area contributed by atoms with Gasteiger partial charge < -0.3 is 0 Å². The highest BCUT2D eigenvalue weighted by Crippen LogP contribution is 2.30. The maximum absolute atomic E-state index is 10.3. The zero-order chi connectivity index (χ0) is 10.6. The standard InChI is InChI=1S/C10H8BrClOS/c1-14-10-3-2-7(6-9(10)12)8(11)4-5-13/h2-6H,1H3. The topological polar surface area (TPSA) is 17.1 Å². The van der Waals surface area contributed by atoms with Crippen molar-refractivity contribution in [3.8, 4) is 0 Å². The van der Waals surface area contributed by atoms with Crippen molar-refractivity contribution < 1.29 is 4.79 Å². The number of hydrogen-bond donors (Lipinski definition) is 0. The Hall–Kier alpha value is -0.250. The third-order valence-corrected chi connectivity index (χ3v) is 3.58. The van der Waals surface area contributed by atoms with Crippen LogP contribution in [0.4, 0.5) is 0 Å². The summed E-state index contributed by atoms with van der Waals surface area (Å²) in [7, 11) is 0. The minimum Gasteiger partial charge on any atom is -0.299 e. The van der Waals surface area contributed by atoms with E-state index in [9.17, 15) is 4.79 Å². The summed E-state index contributed by atoms with van der Waals surface area (Å²) in [6.45, 7) is 0. The van der Waals surface area contributed by atoms with Crippen LogP contribution in [0.1, 0.15) is 5.56 Å². The van der Waals surface area contributed by atoms with E-state index in [-0.39, 0.29) is 0 Å². The third kappa shape index (κ3) is 2.87. The highest BCUT2D eigenvalue weighted by Gasteiger charge is 2.02. The van der Waals surface area contributed by atoms with Crippen molar-refractivity contribution in [2.75, 3.05) is 6.26 Å². The average molecular weight is 292 g/mol. The number of rotatable bonds is 3. The molecule has 1 aromatic rings. The minimum atomic E-state index is 0.700. The van der Waals surface area contributed by atoms with Crippen molar-refractivity contribution in [2.45, 2.75) is 4.90 Å². The fourth-order valence-electron chi connectivity index (χ4n) is 0.971. The van der Waals surface area contributed by atoms with E-state index in [1.165, 1.54) is 6.08 Å². The van der Waals surface area contributed by atoms with Gasteiger partial charge in [-0.15, -0.1) is 11.8 Å². The van der Waals surface area contributed by atoms with E-state index in [0.717, 1.165) is 21.2 Å². The van der Waals surface area contributed by atoms with Crippen LogP contribution in [0.15, 0.2) is 29.2 Å². The molecular weight excluding hydrogens is 284 g/mol. The third-order valence-electron chi connectivity index (χ3n) is 1.64. The molecule has 14 heavy (non-hydrogen) atoms. The highest BCUT2D eigenvalue weighted by molar-refractivity contribution is 9.15. The van der Waals surface area contributed by atoms with Gasteiger partial charge in [-0.1, -0.05) is 33.6 Å². The van der Waals surface area contributed by atoms with Gasteiger partial charge in [-0.2, -0.15) is 0 Å². The molecule has 0 bridgehead atoms. The summed E-state index contributed by atoms with van der Waals surface area (Å²) < 4.78 is 0.738. The van der Waals surface area contributed by atoms with Crippen molar-refractivity contribution in [1.82, 2.24) is 0 Å². The van der Waals surface area contributed by atoms with Crippen molar-refractivity contribution in [3.05, 3.63) is 34.9 Å². The van der Waals surface area contributed by atoms with Crippen molar-refractivity contribution in [3.63, 3.8) is 0 Å². The molecule has 0 aromatic heterocycles. The SMILES string of the molecule is CSc1ccc(C(Br)=CC=O)cc1Cl. The Morgan fingerprint density at radius 1 is 1.57 bits per heavy atom. The summed E-state index contributed by atoms with van der Waals surface area (Å²) >= 11 is 10.9. The van der Waals surface area contributed by atoms with Gasteiger partial charge in [0.1, 0.15) is 6.29 Å². The van der Waals surface area contributed by atoms with Crippen LogP contribution in [0.5, 0.6) is 0 Å². The Labute approximate surface area is 101 Å². The van der Waals surface area contributed by atoms with Gasteiger partial charge in [-0.25, -0.2) is 0 Å². The first-order valence-corrected chi connectivity index (χ1v) is 6.23. The molecular formula is C10H8BrClOS. The lowest BCUT2D eigenvalue weighted by atomic mass is 10.2. The second-order valence-electron chi connectivity index (χ2n) is 2.50. The molecule has 0 aliphatic carbocycles. The first-order valence-electron chi connectivity index (χ1n) is 3.84. The van der Waals surface area contributed by atoms with Gasteiger partial charge in [0.05, 0.1) is 5.02 Å². The van der Waals surface area contributed by atoms with Gasteiger partial charge in [0, 0.05) is 9.38 Å². The summed E-state index contributed by atoms with van der Waals surface area (Å²) in [5.74, 6) is 0. The highest BCUT2D eigenvalue weighted by atomic mass is 79.9. The molecule has 0 saturated heterocycles. The Balaban J connectivity index is 3.08. The molecule has 0 N–H and O–H groups in total. The Bertz CT molecular complexity index is 376. The van der Waals surface area contributed by atoms with E-state index >= 15 is 0 Å². The maximum atomic E-state index is 10.3. The summed E-state index contributed by atoms with van der Waals surface area (Å²) in [5.41, 5.74) is 0.903. The normalized spacial score (nSPS) is 11.5. The Morgan fingerprint density at radius 3 is 2.79 bits per heavy atom. The maximum Gasteiger partial charge on any atom is 0.143 e. The zero-order valence-electron chi connectivity index (χ0n) is 7.46. The number of allylic oxidation sites excluding steroid dienone is 1. The van der Waals surface area contributed by atoms with E-state index in [4.69, 9.17) is 11.6 Å². The monoisotopic (exact) mass is 290 g/mol. The number of thioether (sulfide) groups is 1. The summed E-state index contributed by atoms with van der Waals surface area (Å²) in [4.78, 5) is 11.3. The lowest BCUT2D eigenvalue weighted by molar-refractivity contribution is -0.104. The van der Waals surface area contributed by atoms with E-state index in [2.05, 4.69) is 15.9 Å². The molecule has 1 aromatic carbocycles. The van der Waals surface area contributed by atoms with Gasteiger partial charge in [-0.05, 0) is 30.0 Å². The van der Waals surface area contributed by atoms with Crippen LogP contribution < -0.4 is 0 Å². The molecule has 1 rings (SSSR count). The molecule has 74 valence electrons. The van der Waals surface area contributed by atoms with Crippen LogP contribution in [0.3, 0.4) is 0 Å². The van der Waals surface area contributed by atoms with Crippen LogP contribution in [0, 0.1) is 0 Å². The number of carbonyl (C=O) groups is 1. The quantitative estimate of drug-likeness (QED) is 0.476. The average Bonchev–Trinajstić information content (AvgIpc) is 2.18. The van der Waals surface area contributed by atoms with E-state index in [1.807, 2.05) is 24.5 Å². The molecule has 0 saturated carbocycles. The lowest BCUT2D eigenvalue weighted by Crippen LogP contribution is -1.80. The molecule has 0 radical (unpaired) electrons. The van der Waals surface area contributed by atoms with Crippen LogP contribution >= 0.6 is 39.3 Å². The van der Waals surface area contributed by atoms with Crippen molar-refractivity contribution in [2.24, 2.45) is 0 Å². The van der Waals surface area contributed by atoms with E-state index in [0.29, 0.717) is 5.02 Å². The van der Waals surface area contributed by atoms with Gasteiger partial charge in [0.15, 0.2) is 0 Å². The molecule has 4 heteroatoms. The predicted octanol–water partition coefficient (Wildman–Crippen LogP) is 4.00. The largest absolute Gasteiger partial charge is 0.299 e. The summed E-state index contributed by atoms with van der Waals surface area (Å²) in [5, 5.41) is 0.700. The molecule has 0 fully saturated rings. The summed E-state index contributed by atoms with van der Waals surface area (Å²) in [6.07, 6.45) is 4.15. The lowest BCUT2D eigenvalue weighted by Gasteiger charge is -2.03. The number of benzene rings is 1. The Kier molecular flexibility index (Phi) is 4.72. The molecule has 0 amide bonds. The van der Waals surface area contributed by atoms with Gasteiger partial charge >= 0.3 is 0 Å². The zero-order valence-corrected chi connectivity index (χ0v) is 10.6. The first kappa shape index (κ1) is 11.8. The van der Waals surface area contributed by atoms with E-state index < -0.39 is 0 Å². The van der Waals surface area contributed by atoms with E-state index in [1.54, 1.807) is 11.8 Å². The minimum absolute atomic E-state index is 0.700. The van der Waals surface area contributed by atoms with Crippen LogP contribution in [-0.4, -0.2) is 12.5 Å². The molecule has 0 aliphatic rings. The molecule has 0 unspecified atom stereocenters. The van der Waals surface area contributed by atoms with Gasteiger partial charge in [-0.3, -0.25) is 4.79 Å².